The molecule has 160 valence electrons. The second kappa shape index (κ2) is 8.70. The van der Waals surface area contributed by atoms with Gasteiger partial charge in [0.2, 0.25) is 0 Å². The first-order valence-corrected chi connectivity index (χ1v) is 11.8. The van der Waals surface area contributed by atoms with Gasteiger partial charge < -0.3 is 14.5 Å². The van der Waals surface area contributed by atoms with Gasteiger partial charge in [-0.1, -0.05) is 42.1 Å². The van der Waals surface area contributed by atoms with Gasteiger partial charge in [0, 0.05) is 30.8 Å². The molecular formula is C23H25N5O2S. The molecule has 8 heteroatoms. The fourth-order valence-electron chi connectivity index (χ4n) is 3.95. The Bertz CT molecular complexity index is 1080. The lowest BCUT2D eigenvalue weighted by molar-refractivity contribution is 0.0787. The van der Waals surface area contributed by atoms with E-state index in [1.54, 1.807) is 12.3 Å². The Hall–Kier alpha value is -2.87. The van der Waals surface area contributed by atoms with E-state index < -0.39 is 0 Å². The van der Waals surface area contributed by atoms with Crippen molar-refractivity contribution in [2.24, 2.45) is 0 Å². The summed E-state index contributed by atoms with van der Waals surface area (Å²) >= 11 is 1.41. The van der Waals surface area contributed by atoms with Crippen LogP contribution in [0.5, 0.6) is 0 Å². The number of thioether (sulfide) groups is 1. The van der Waals surface area contributed by atoms with Gasteiger partial charge in [0.15, 0.2) is 10.9 Å². The van der Waals surface area contributed by atoms with E-state index in [0.29, 0.717) is 23.7 Å². The number of amides is 1. The largest absolute Gasteiger partial charge is 0.356 e. The number of hydrogen-bond acceptors (Lipinski definition) is 5. The summed E-state index contributed by atoms with van der Waals surface area (Å²) in [5, 5.41) is 9.57. The van der Waals surface area contributed by atoms with Crippen LogP contribution in [-0.2, 0) is 6.54 Å². The zero-order valence-electron chi connectivity index (χ0n) is 17.3. The normalized spacial score (nSPS) is 16.1. The number of carbonyl (C=O) groups excluding carboxylic acids is 2. The maximum absolute atomic E-state index is 12.8. The highest BCUT2D eigenvalue weighted by atomic mass is 32.2. The average molecular weight is 436 g/mol. The van der Waals surface area contributed by atoms with E-state index in [1.807, 2.05) is 23.1 Å². The van der Waals surface area contributed by atoms with E-state index in [4.69, 9.17) is 0 Å². The molecule has 0 spiro atoms. The highest BCUT2D eigenvalue weighted by molar-refractivity contribution is 7.99. The van der Waals surface area contributed by atoms with Gasteiger partial charge in [-0.3, -0.25) is 9.59 Å². The van der Waals surface area contributed by atoms with Crippen molar-refractivity contribution in [3.8, 4) is 0 Å². The molecule has 2 aliphatic rings. The minimum Gasteiger partial charge on any atom is -0.356 e. The minimum absolute atomic E-state index is 0.0241. The Balaban J connectivity index is 1.27. The molecule has 1 amide bonds. The molecule has 31 heavy (non-hydrogen) atoms. The number of aromatic amines is 1. The number of aromatic nitrogens is 4. The summed E-state index contributed by atoms with van der Waals surface area (Å²) in [6.45, 7) is 2.28. The van der Waals surface area contributed by atoms with Crippen LogP contribution in [0.25, 0.3) is 0 Å². The van der Waals surface area contributed by atoms with E-state index in [2.05, 4.69) is 31.9 Å². The number of ketones is 1. The lowest BCUT2D eigenvalue weighted by Gasteiger charge is -2.13. The van der Waals surface area contributed by atoms with Crippen molar-refractivity contribution in [3.63, 3.8) is 0 Å². The third-order valence-electron chi connectivity index (χ3n) is 5.83. The number of nitrogens with one attached hydrogen (secondary N) is 1. The summed E-state index contributed by atoms with van der Waals surface area (Å²) in [4.78, 5) is 30.1. The third-order valence-corrected chi connectivity index (χ3v) is 6.80. The molecule has 0 bridgehead atoms. The topological polar surface area (TPSA) is 83.9 Å². The molecule has 0 unspecified atom stereocenters. The predicted molar refractivity (Wildman–Crippen MR) is 119 cm³/mol. The number of hydrogen-bond donors (Lipinski definition) is 1. The number of Topliss-reactive ketones (excluding diaryl/α,β-unsaturated/α-hetero) is 1. The van der Waals surface area contributed by atoms with Crippen LogP contribution in [0.1, 0.15) is 63.8 Å². The van der Waals surface area contributed by atoms with Crippen LogP contribution in [-0.4, -0.2) is 55.2 Å². The van der Waals surface area contributed by atoms with Crippen molar-refractivity contribution in [2.75, 3.05) is 18.8 Å². The molecule has 1 N–H and O–H groups in total. The highest BCUT2D eigenvalue weighted by Gasteiger charge is 2.30. The van der Waals surface area contributed by atoms with E-state index in [0.717, 1.165) is 49.8 Å². The Kier molecular flexibility index (Phi) is 5.63. The van der Waals surface area contributed by atoms with Gasteiger partial charge in [0.05, 0.1) is 12.3 Å². The smallest absolute Gasteiger partial charge is 0.270 e. The molecule has 3 aromatic rings. The molecule has 7 nitrogen and oxygen atoms in total. The molecular weight excluding hydrogens is 410 g/mol. The standard InChI is InChI=1S/C23H25N5O2S/c29-20(18-12-19(24-13-18)22(30)27-10-4-5-11-27)15-31-23-26-25-21(17-8-9-17)28(23)14-16-6-2-1-3-7-16/h1-3,6-7,12-13,17,24H,4-5,8-11,14-15H2. The zero-order chi connectivity index (χ0) is 21.2. The maximum atomic E-state index is 12.8. The lowest BCUT2D eigenvalue weighted by Crippen LogP contribution is -2.27. The molecule has 3 heterocycles. The quantitative estimate of drug-likeness (QED) is 0.430. The Morgan fingerprint density at radius 1 is 1.10 bits per heavy atom. The van der Waals surface area contributed by atoms with E-state index >= 15 is 0 Å². The molecule has 1 aliphatic heterocycles. The fraction of sp³-hybridized carbons (Fsp3) is 0.391. The van der Waals surface area contributed by atoms with Crippen molar-refractivity contribution in [1.82, 2.24) is 24.6 Å². The van der Waals surface area contributed by atoms with Crippen LogP contribution < -0.4 is 0 Å². The van der Waals surface area contributed by atoms with Crippen molar-refractivity contribution in [3.05, 3.63) is 65.2 Å². The molecule has 2 aromatic heterocycles. The Labute approximate surface area is 185 Å². The summed E-state index contributed by atoms with van der Waals surface area (Å²) in [7, 11) is 0. The van der Waals surface area contributed by atoms with Gasteiger partial charge in [-0.25, -0.2) is 0 Å². The number of likely N-dealkylation sites (tertiary alicyclic amines) is 1. The van der Waals surface area contributed by atoms with Gasteiger partial charge in [-0.15, -0.1) is 10.2 Å². The van der Waals surface area contributed by atoms with Crippen molar-refractivity contribution in [2.45, 2.75) is 43.3 Å². The molecule has 1 aliphatic carbocycles. The number of rotatable bonds is 8. The molecule has 1 saturated carbocycles. The molecule has 1 saturated heterocycles. The van der Waals surface area contributed by atoms with E-state index in [-0.39, 0.29) is 17.4 Å². The lowest BCUT2D eigenvalue weighted by atomic mass is 10.2. The van der Waals surface area contributed by atoms with Gasteiger partial charge >= 0.3 is 0 Å². The zero-order valence-corrected chi connectivity index (χ0v) is 18.1. The molecule has 1 aromatic carbocycles. The van der Waals surface area contributed by atoms with Gasteiger partial charge in [0.1, 0.15) is 11.5 Å². The van der Waals surface area contributed by atoms with Gasteiger partial charge in [-0.05, 0) is 37.3 Å². The summed E-state index contributed by atoms with van der Waals surface area (Å²) < 4.78 is 2.14. The number of carbonyl (C=O) groups is 2. The molecule has 0 radical (unpaired) electrons. The minimum atomic E-state index is -0.0270. The first-order valence-electron chi connectivity index (χ1n) is 10.8. The van der Waals surface area contributed by atoms with Gasteiger partial charge in [0.25, 0.3) is 5.91 Å². The molecule has 2 fully saturated rings. The first kappa shape index (κ1) is 20.1. The summed E-state index contributed by atoms with van der Waals surface area (Å²) in [6, 6.07) is 11.9. The average Bonchev–Trinajstić information content (AvgIpc) is 3.20. The van der Waals surface area contributed by atoms with Crippen molar-refractivity contribution >= 4 is 23.5 Å². The number of H-pyrrole nitrogens is 1. The van der Waals surface area contributed by atoms with E-state index in [1.165, 1.54) is 17.3 Å². The van der Waals surface area contributed by atoms with Gasteiger partial charge in [-0.2, -0.15) is 0 Å². The Morgan fingerprint density at radius 2 is 1.87 bits per heavy atom. The predicted octanol–water partition coefficient (Wildman–Crippen LogP) is 3.74. The third kappa shape index (κ3) is 4.44. The van der Waals surface area contributed by atoms with Crippen molar-refractivity contribution in [1.29, 1.82) is 0 Å². The molecule has 0 atom stereocenters. The second-order valence-corrected chi connectivity index (χ2v) is 9.14. The summed E-state index contributed by atoms with van der Waals surface area (Å²) in [6.07, 6.45) is 6.01. The number of nitrogens with zero attached hydrogens (tertiary/aromatic N) is 4. The second-order valence-electron chi connectivity index (χ2n) is 8.20. The number of benzene rings is 1. The van der Waals surface area contributed by atoms with Crippen LogP contribution in [0.4, 0.5) is 0 Å². The highest BCUT2D eigenvalue weighted by Crippen LogP contribution is 2.40. The maximum Gasteiger partial charge on any atom is 0.270 e. The van der Waals surface area contributed by atoms with Crippen LogP contribution in [0.15, 0.2) is 47.8 Å². The van der Waals surface area contributed by atoms with Crippen LogP contribution >= 0.6 is 11.8 Å². The fourth-order valence-corrected chi connectivity index (χ4v) is 4.79. The van der Waals surface area contributed by atoms with Crippen LogP contribution in [0, 0.1) is 0 Å². The van der Waals surface area contributed by atoms with Crippen LogP contribution in [0.3, 0.4) is 0 Å². The summed E-state index contributed by atoms with van der Waals surface area (Å²) in [5.41, 5.74) is 2.21. The monoisotopic (exact) mass is 435 g/mol. The first-order chi connectivity index (χ1) is 15.2. The Morgan fingerprint density at radius 3 is 2.61 bits per heavy atom. The van der Waals surface area contributed by atoms with E-state index in [9.17, 15) is 9.59 Å². The van der Waals surface area contributed by atoms with Crippen molar-refractivity contribution < 1.29 is 9.59 Å². The summed E-state index contributed by atoms with van der Waals surface area (Å²) in [5.74, 6) is 1.70. The molecule has 5 rings (SSSR count). The SMILES string of the molecule is O=C(CSc1nnc(C2CC2)n1Cc1ccccc1)c1c[nH]c(C(=O)N2CCCC2)c1. The van der Waals surface area contributed by atoms with Crippen LogP contribution in [0.2, 0.25) is 0 Å².